The highest BCUT2D eigenvalue weighted by Gasteiger charge is 2.21. The van der Waals surface area contributed by atoms with Gasteiger partial charge in [-0.05, 0) is 68.5 Å². The molecule has 0 N–H and O–H groups in total. The van der Waals surface area contributed by atoms with Crippen molar-refractivity contribution >= 4 is 56.0 Å². The van der Waals surface area contributed by atoms with E-state index in [1.807, 2.05) is 62.0 Å². The lowest BCUT2D eigenvalue weighted by atomic mass is 10.1. The standard InChI is InChI=1S/C24H25ClN4OS2/c1-15-13-16(2)29(27-15)12-11-28(22(30)14-18-5-7-19(31-4)8-6-18)24-26-23-17(3)20(25)9-10-21(23)32-24/h5-10,13H,11-12,14H2,1-4H3. The molecule has 0 saturated heterocycles. The molecule has 0 aliphatic rings. The summed E-state index contributed by atoms with van der Waals surface area (Å²) in [6, 6.07) is 14.0. The number of halogens is 1. The second-order valence-corrected chi connectivity index (χ2v) is 10.0. The number of hydrogen-bond donors (Lipinski definition) is 0. The molecule has 0 fully saturated rings. The number of carbonyl (C=O) groups excluding carboxylic acids is 1. The number of anilines is 1. The molecule has 2 aromatic heterocycles. The molecule has 1 amide bonds. The van der Waals surface area contributed by atoms with Crippen LogP contribution in [0.15, 0.2) is 47.4 Å². The van der Waals surface area contributed by atoms with Crippen LogP contribution in [0, 0.1) is 20.8 Å². The Labute approximate surface area is 201 Å². The van der Waals surface area contributed by atoms with Crippen molar-refractivity contribution in [1.82, 2.24) is 14.8 Å². The van der Waals surface area contributed by atoms with E-state index < -0.39 is 0 Å². The Morgan fingerprint density at radius 3 is 2.56 bits per heavy atom. The Hall–Kier alpha value is -2.35. The van der Waals surface area contributed by atoms with Gasteiger partial charge in [0.1, 0.15) is 0 Å². The number of rotatable bonds is 7. The van der Waals surface area contributed by atoms with E-state index in [-0.39, 0.29) is 5.91 Å². The summed E-state index contributed by atoms with van der Waals surface area (Å²) in [7, 11) is 0. The first-order valence-electron chi connectivity index (χ1n) is 10.4. The fourth-order valence-electron chi connectivity index (χ4n) is 3.64. The third-order valence-electron chi connectivity index (χ3n) is 5.42. The summed E-state index contributed by atoms with van der Waals surface area (Å²) in [6.07, 6.45) is 2.36. The zero-order chi connectivity index (χ0) is 22.8. The Morgan fingerprint density at radius 2 is 1.91 bits per heavy atom. The minimum atomic E-state index is 0.0197. The molecule has 0 aliphatic heterocycles. The van der Waals surface area contributed by atoms with Crippen molar-refractivity contribution in [2.45, 2.75) is 38.6 Å². The summed E-state index contributed by atoms with van der Waals surface area (Å²) >= 11 is 9.51. The molecule has 0 saturated carbocycles. The van der Waals surface area contributed by atoms with Crippen LogP contribution in [0.1, 0.15) is 22.5 Å². The van der Waals surface area contributed by atoms with E-state index >= 15 is 0 Å². The maximum Gasteiger partial charge on any atom is 0.233 e. The summed E-state index contributed by atoms with van der Waals surface area (Å²) in [5.41, 5.74) is 4.83. The highest BCUT2D eigenvalue weighted by Crippen LogP contribution is 2.34. The minimum absolute atomic E-state index is 0.0197. The lowest BCUT2D eigenvalue weighted by Gasteiger charge is -2.20. The summed E-state index contributed by atoms with van der Waals surface area (Å²) in [6.45, 7) is 7.07. The minimum Gasteiger partial charge on any atom is -0.286 e. The van der Waals surface area contributed by atoms with Crippen molar-refractivity contribution in [2.24, 2.45) is 0 Å². The van der Waals surface area contributed by atoms with Gasteiger partial charge in [-0.1, -0.05) is 35.1 Å². The molecule has 2 aromatic carbocycles. The van der Waals surface area contributed by atoms with Crippen molar-refractivity contribution in [3.63, 3.8) is 0 Å². The number of carbonyl (C=O) groups is 1. The summed E-state index contributed by atoms with van der Waals surface area (Å²) in [5, 5.41) is 5.92. The van der Waals surface area contributed by atoms with Crippen LogP contribution in [-0.4, -0.2) is 33.5 Å². The first kappa shape index (κ1) is 22.8. The number of nitrogens with zero attached hydrogens (tertiary/aromatic N) is 4. The van der Waals surface area contributed by atoms with Crippen molar-refractivity contribution in [3.8, 4) is 0 Å². The number of thioether (sulfide) groups is 1. The smallest absolute Gasteiger partial charge is 0.233 e. The average Bonchev–Trinajstić information content (AvgIpc) is 3.34. The SMILES string of the molecule is CSc1ccc(CC(=O)N(CCn2nc(C)cc2C)c2nc3c(C)c(Cl)ccc3s2)cc1. The summed E-state index contributed by atoms with van der Waals surface area (Å²) < 4.78 is 2.97. The van der Waals surface area contributed by atoms with Gasteiger partial charge < -0.3 is 0 Å². The Morgan fingerprint density at radius 1 is 1.16 bits per heavy atom. The summed E-state index contributed by atoms with van der Waals surface area (Å²) in [5.74, 6) is 0.0197. The highest BCUT2D eigenvalue weighted by molar-refractivity contribution is 7.98. The van der Waals surface area contributed by atoms with Crippen LogP contribution in [0.2, 0.25) is 5.02 Å². The number of aryl methyl sites for hydroxylation is 3. The first-order chi connectivity index (χ1) is 15.4. The molecule has 0 unspecified atom stereocenters. The number of hydrogen-bond acceptors (Lipinski definition) is 5. The molecular weight excluding hydrogens is 460 g/mol. The number of aromatic nitrogens is 3. The van der Waals surface area contributed by atoms with Gasteiger partial charge in [-0.2, -0.15) is 5.10 Å². The van der Waals surface area contributed by atoms with E-state index in [0.29, 0.717) is 29.7 Å². The maximum absolute atomic E-state index is 13.4. The number of benzene rings is 2. The molecule has 0 aliphatic carbocycles. The molecule has 166 valence electrons. The Bertz CT molecular complexity index is 1260. The second kappa shape index (κ2) is 9.65. The molecule has 0 atom stereocenters. The van der Waals surface area contributed by atoms with Gasteiger partial charge in [0, 0.05) is 22.2 Å². The molecule has 4 aromatic rings. The second-order valence-electron chi connectivity index (χ2n) is 7.74. The number of fused-ring (bicyclic) bond motifs is 1. The lowest BCUT2D eigenvalue weighted by molar-refractivity contribution is -0.118. The van der Waals surface area contributed by atoms with Crippen LogP contribution >= 0.6 is 34.7 Å². The van der Waals surface area contributed by atoms with Crippen LogP contribution in [0.3, 0.4) is 0 Å². The van der Waals surface area contributed by atoms with E-state index in [1.54, 1.807) is 16.7 Å². The van der Waals surface area contributed by atoms with Gasteiger partial charge in [0.15, 0.2) is 5.13 Å². The van der Waals surface area contributed by atoms with Crippen LogP contribution < -0.4 is 4.90 Å². The van der Waals surface area contributed by atoms with Crippen molar-refractivity contribution < 1.29 is 4.79 Å². The third kappa shape index (κ3) is 4.85. The Balaban J connectivity index is 1.64. The van der Waals surface area contributed by atoms with E-state index in [4.69, 9.17) is 16.6 Å². The predicted molar refractivity (Wildman–Crippen MR) is 135 cm³/mol. The molecule has 0 spiro atoms. The van der Waals surface area contributed by atoms with Gasteiger partial charge >= 0.3 is 0 Å². The zero-order valence-electron chi connectivity index (χ0n) is 18.6. The first-order valence-corrected chi connectivity index (χ1v) is 12.8. The largest absolute Gasteiger partial charge is 0.286 e. The third-order valence-corrected chi connectivity index (χ3v) is 7.62. The van der Waals surface area contributed by atoms with Crippen molar-refractivity contribution in [3.05, 3.63) is 70.0 Å². The number of thiazole rings is 1. The molecule has 2 heterocycles. The summed E-state index contributed by atoms with van der Waals surface area (Å²) in [4.78, 5) is 21.2. The lowest BCUT2D eigenvalue weighted by Crippen LogP contribution is -2.35. The molecule has 0 radical (unpaired) electrons. The van der Waals surface area contributed by atoms with Gasteiger partial charge in [0.2, 0.25) is 5.91 Å². The van der Waals surface area contributed by atoms with Gasteiger partial charge in [-0.15, -0.1) is 11.8 Å². The zero-order valence-corrected chi connectivity index (χ0v) is 20.9. The molecule has 8 heteroatoms. The van der Waals surface area contributed by atoms with Crippen molar-refractivity contribution in [2.75, 3.05) is 17.7 Å². The topological polar surface area (TPSA) is 51.0 Å². The number of amides is 1. The highest BCUT2D eigenvalue weighted by atomic mass is 35.5. The quantitative estimate of drug-likeness (QED) is 0.299. The van der Waals surface area contributed by atoms with E-state index in [2.05, 4.69) is 17.2 Å². The van der Waals surface area contributed by atoms with Gasteiger partial charge in [-0.3, -0.25) is 14.4 Å². The Kier molecular flexibility index (Phi) is 6.88. The van der Waals surface area contributed by atoms with Crippen molar-refractivity contribution in [1.29, 1.82) is 0 Å². The molecule has 4 rings (SSSR count). The van der Waals surface area contributed by atoms with Gasteiger partial charge in [0.25, 0.3) is 0 Å². The predicted octanol–water partition coefficient (Wildman–Crippen LogP) is 6.07. The van der Waals surface area contributed by atoms with Crippen LogP contribution in [-0.2, 0) is 17.8 Å². The molecule has 32 heavy (non-hydrogen) atoms. The normalized spacial score (nSPS) is 11.3. The monoisotopic (exact) mass is 484 g/mol. The maximum atomic E-state index is 13.4. The molecular formula is C24H25ClN4OS2. The van der Waals surface area contributed by atoms with Gasteiger partial charge in [-0.25, -0.2) is 4.98 Å². The van der Waals surface area contributed by atoms with Crippen LogP contribution in [0.5, 0.6) is 0 Å². The van der Waals surface area contributed by atoms with Crippen LogP contribution in [0.25, 0.3) is 10.2 Å². The van der Waals surface area contributed by atoms with E-state index in [1.165, 1.54) is 16.2 Å². The molecule has 0 bridgehead atoms. The van der Waals surface area contributed by atoms with Crippen LogP contribution in [0.4, 0.5) is 5.13 Å². The van der Waals surface area contributed by atoms with E-state index in [0.717, 1.165) is 32.7 Å². The van der Waals surface area contributed by atoms with E-state index in [9.17, 15) is 4.79 Å². The fraction of sp³-hybridized carbons (Fsp3) is 0.292. The fourth-order valence-corrected chi connectivity index (χ4v) is 5.27. The average molecular weight is 485 g/mol. The van der Waals surface area contributed by atoms with Gasteiger partial charge in [0.05, 0.1) is 28.9 Å². The molecule has 5 nitrogen and oxygen atoms in total.